The van der Waals surface area contributed by atoms with Gasteiger partial charge in [0, 0.05) is 30.8 Å². The van der Waals surface area contributed by atoms with Gasteiger partial charge in [-0.1, -0.05) is 66.7 Å². The van der Waals surface area contributed by atoms with E-state index in [1.54, 1.807) is 0 Å². The van der Waals surface area contributed by atoms with Crippen LogP contribution in [-0.4, -0.2) is 80.5 Å². The standard InChI is InChI=1S/C42H45N7O5/c1-53-42(52)46-32-11-5-6-24-54-26-34-37(47-39(45-34)36-13-8-23-49(36)41(32)51)30-20-16-28(17-21-30)27-14-18-29(19-15-27)33-25-43-38(44-33)35-12-7-22-48(35)40(50)31-9-3-2-4-10-31/h2-4,9-10,14-21,25,32,35-36H,5-8,11-13,22-24,26H2,1H3,(H,43,44)(H,45,47)(H,46,52)/t32-,35-,36-/m0/s1. The molecule has 5 aromatic rings. The zero-order chi connectivity index (χ0) is 37.0. The summed E-state index contributed by atoms with van der Waals surface area (Å²) in [5, 5.41) is 2.75. The number of carbonyl (C=O) groups is 3. The molecule has 278 valence electrons. The Morgan fingerprint density at radius 1 is 0.796 bits per heavy atom. The fourth-order valence-corrected chi connectivity index (χ4v) is 7.99. The number of rotatable bonds is 6. The third-order valence-corrected chi connectivity index (χ3v) is 10.8. The van der Waals surface area contributed by atoms with E-state index in [1.165, 1.54) is 7.11 Å². The van der Waals surface area contributed by atoms with E-state index in [1.807, 2.05) is 46.3 Å². The molecule has 2 aromatic heterocycles. The van der Waals surface area contributed by atoms with Crippen molar-refractivity contribution in [2.24, 2.45) is 0 Å². The van der Waals surface area contributed by atoms with Crippen LogP contribution in [-0.2, 0) is 20.9 Å². The Morgan fingerprint density at radius 2 is 1.50 bits per heavy atom. The molecule has 0 unspecified atom stereocenters. The summed E-state index contributed by atoms with van der Waals surface area (Å²) >= 11 is 0. The van der Waals surface area contributed by atoms with Gasteiger partial charge in [0.1, 0.15) is 17.7 Å². The number of nitrogens with one attached hydrogen (secondary N) is 3. The summed E-state index contributed by atoms with van der Waals surface area (Å²) in [4.78, 5) is 59.6. The Kier molecular flexibility index (Phi) is 10.3. The van der Waals surface area contributed by atoms with E-state index >= 15 is 0 Å². The molecule has 3 atom stereocenters. The minimum Gasteiger partial charge on any atom is -0.453 e. The average Bonchev–Trinajstić information content (AvgIpc) is 4.05. The summed E-state index contributed by atoms with van der Waals surface area (Å²) in [6.07, 6.45) is 6.73. The molecule has 3 aliphatic heterocycles. The summed E-state index contributed by atoms with van der Waals surface area (Å²) in [6, 6.07) is 25.2. The van der Waals surface area contributed by atoms with E-state index < -0.39 is 12.1 Å². The lowest BCUT2D eigenvalue weighted by molar-refractivity contribution is -0.134. The van der Waals surface area contributed by atoms with Crippen LogP contribution in [0.3, 0.4) is 0 Å². The first-order chi connectivity index (χ1) is 26.5. The van der Waals surface area contributed by atoms with Gasteiger partial charge < -0.3 is 34.6 Å². The topological polar surface area (TPSA) is 146 Å². The van der Waals surface area contributed by atoms with Crippen molar-refractivity contribution < 1.29 is 23.9 Å². The maximum atomic E-state index is 13.7. The Morgan fingerprint density at radius 3 is 2.26 bits per heavy atom. The van der Waals surface area contributed by atoms with Gasteiger partial charge in [0.2, 0.25) is 5.91 Å². The lowest BCUT2D eigenvalue weighted by Crippen LogP contribution is -2.48. The van der Waals surface area contributed by atoms with Crippen LogP contribution in [0.25, 0.3) is 33.6 Å². The molecule has 2 saturated heterocycles. The van der Waals surface area contributed by atoms with Crippen LogP contribution in [0, 0.1) is 0 Å². The van der Waals surface area contributed by atoms with E-state index in [2.05, 4.69) is 63.8 Å². The molecule has 2 bridgehead atoms. The number of hydrogen-bond acceptors (Lipinski definition) is 7. The number of alkyl carbamates (subject to hydrolysis) is 1. The number of amides is 3. The summed E-state index contributed by atoms with van der Waals surface area (Å²) in [6.45, 7) is 2.24. The summed E-state index contributed by atoms with van der Waals surface area (Å²) < 4.78 is 10.9. The second-order valence-corrected chi connectivity index (χ2v) is 14.2. The third kappa shape index (κ3) is 7.25. The zero-order valence-corrected chi connectivity index (χ0v) is 30.4. The molecule has 8 rings (SSSR count). The highest BCUT2D eigenvalue weighted by Crippen LogP contribution is 2.36. The van der Waals surface area contributed by atoms with Crippen LogP contribution >= 0.6 is 0 Å². The van der Waals surface area contributed by atoms with Crippen molar-refractivity contribution in [3.8, 4) is 33.6 Å². The van der Waals surface area contributed by atoms with Gasteiger partial charge in [0.25, 0.3) is 5.91 Å². The van der Waals surface area contributed by atoms with Crippen molar-refractivity contribution >= 4 is 17.9 Å². The number of fused-ring (bicyclic) bond motifs is 4. The van der Waals surface area contributed by atoms with Gasteiger partial charge in [-0.25, -0.2) is 14.8 Å². The smallest absolute Gasteiger partial charge is 0.407 e. The first kappa shape index (κ1) is 35.3. The molecule has 0 saturated carbocycles. The monoisotopic (exact) mass is 727 g/mol. The van der Waals surface area contributed by atoms with Gasteiger partial charge in [-0.3, -0.25) is 9.59 Å². The Labute approximate surface area is 314 Å². The van der Waals surface area contributed by atoms with Gasteiger partial charge >= 0.3 is 6.09 Å². The molecule has 3 N–H and O–H groups in total. The van der Waals surface area contributed by atoms with E-state index in [9.17, 15) is 14.4 Å². The minimum atomic E-state index is -0.661. The average molecular weight is 728 g/mol. The Balaban J connectivity index is 0.981. The van der Waals surface area contributed by atoms with Crippen LogP contribution in [0.5, 0.6) is 0 Å². The van der Waals surface area contributed by atoms with Crippen molar-refractivity contribution in [2.45, 2.75) is 69.7 Å². The van der Waals surface area contributed by atoms with E-state index in [0.29, 0.717) is 31.7 Å². The van der Waals surface area contributed by atoms with Crippen molar-refractivity contribution in [1.29, 1.82) is 0 Å². The quantitative estimate of drug-likeness (QED) is 0.168. The molecule has 5 heterocycles. The van der Waals surface area contributed by atoms with Crippen LogP contribution < -0.4 is 5.32 Å². The molecule has 2 fully saturated rings. The number of carbonyl (C=O) groups excluding carboxylic acids is 3. The molecule has 3 aromatic carbocycles. The highest BCUT2D eigenvalue weighted by atomic mass is 16.5. The lowest BCUT2D eigenvalue weighted by atomic mass is 10.0. The molecular formula is C42H45N7O5. The Bertz CT molecular complexity index is 2090. The predicted molar refractivity (Wildman–Crippen MR) is 203 cm³/mol. The fourth-order valence-electron chi connectivity index (χ4n) is 7.99. The molecular weight excluding hydrogens is 683 g/mol. The zero-order valence-electron chi connectivity index (χ0n) is 30.4. The molecule has 0 aliphatic carbocycles. The number of H-pyrrole nitrogens is 2. The molecule has 0 radical (unpaired) electrons. The lowest BCUT2D eigenvalue weighted by Gasteiger charge is -2.28. The fraction of sp³-hybridized carbons (Fsp3) is 0.357. The van der Waals surface area contributed by atoms with Crippen LogP contribution in [0.15, 0.2) is 85.1 Å². The van der Waals surface area contributed by atoms with Crippen molar-refractivity contribution in [3.05, 3.63) is 108 Å². The summed E-state index contributed by atoms with van der Waals surface area (Å²) in [7, 11) is 1.31. The number of imidazole rings is 2. The largest absolute Gasteiger partial charge is 0.453 e. The third-order valence-electron chi connectivity index (χ3n) is 10.8. The number of aromatic nitrogens is 4. The molecule has 12 nitrogen and oxygen atoms in total. The number of aromatic amines is 2. The van der Waals surface area contributed by atoms with Crippen molar-refractivity contribution in [2.75, 3.05) is 26.8 Å². The number of nitrogens with zero attached hydrogens (tertiary/aromatic N) is 4. The van der Waals surface area contributed by atoms with Crippen LogP contribution in [0.1, 0.15) is 84.7 Å². The minimum absolute atomic E-state index is 0.0380. The first-order valence-corrected chi connectivity index (χ1v) is 18.9. The van der Waals surface area contributed by atoms with E-state index in [4.69, 9.17) is 19.4 Å². The van der Waals surface area contributed by atoms with E-state index in [0.717, 1.165) is 96.1 Å². The molecule has 54 heavy (non-hydrogen) atoms. The molecule has 3 aliphatic rings. The highest BCUT2D eigenvalue weighted by Gasteiger charge is 2.37. The first-order valence-electron chi connectivity index (χ1n) is 18.9. The highest BCUT2D eigenvalue weighted by molar-refractivity contribution is 5.94. The second kappa shape index (κ2) is 15.7. The predicted octanol–water partition coefficient (Wildman–Crippen LogP) is 7.20. The van der Waals surface area contributed by atoms with E-state index in [-0.39, 0.29) is 23.9 Å². The SMILES string of the molecule is COC(=O)N[C@H]1CCCCOCc2[nH]c(nc2-c2ccc(-c3ccc(-c4cnc([C@@H]5CCCN5C(=O)c5ccccc5)[nH]4)cc3)cc2)[C@@H]2CCCN2C1=O. The normalized spacial score (nSPS) is 20.5. The van der Waals surface area contributed by atoms with Gasteiger partial charge in [-0.15, -0.1) is 0 Å². The maximum absolute atomic E-state index is 13.7. The molecule has 12 heteroatoms. The number of likely N-dealkylation sites (tertiary alicyclic amines) is 1. The van der Waals surface area contributed by atoms with Gasteiger partial charge in [0.15, 0.2) is 0 Å². The number of benzene rings is 3. The number of methoxy groups -OCH3 is 1. The number of ether oxygens (including phenoxy) is 2. The molecule has 3 amide bonds. The van der Waals surface area contributed by atoms with Gasteiger partial charge in [0.05, 0.1) is 49.1 Å². The molecule has 0 spiro atoms. The van der Waals surface area contributed by atoms with Gasteiger partial charge in [-0.2, -0.15) is 0 Å². The van der Waals surface area contributed by atoms with Crippen molar-refractivity contribution in [3.63, 3.8) is 0 Å². The maximum Gasteiger partial charge on any atom is 0.407 e. The summed E-state index contributed by atoms with van der Waals surface area (Å²) in [5.74, 6) is 1.47. The van der Waals surface area contributed by atoms with Gasteiger partial charge in [-0.05, 0) is 73.8 Å². The summed E-state index contributed by atoms with van der Waals surface area (Å²) in [5.41, 5.74) is 7.44. The van der Waals surface area contributed by atoms with Crippen LogP contribution in [0.2, 0.25) is 0 Å². The second-order valence-electron chi connectivity index (χ2n) is 14.2. The van der Waals surface area contributed by atoms with Crippen LogP contribution in [0.4, 0.5) is 4.79 Å². The Hall–Kier alpha value is -5.75. The van der Waals surface area contributed by atoms with Crippen molar-refractivity contribution in [1.82, 2.24) is 35.1 Å². The number of hydrogen-bond donors (Lipinski definition) is 3.